The molecule has 18 heavy (non-hydrogen) atoms. The first-order chi connectivity index (χ1) is 8.09. The van der Waals surface area contributed by atoms with Crippen LogP contribution in [0.5, 0.6) is 0 Å². The molecule has 0 amide bonds. The summed E-state index contributed by atoms with van der Waals surface area (Å²) in [5.41, 5.74) is 1.21. The molecule has 0 radical (unpaired) electrons. The smallest absolute Gasteiger partial charge is 0.480 e. The summed E-state index contributed by atoms with van der Waals surface area (Å²) in [7, 11) is -1.52. The summed E-state index contributed by atoms with van der Waals surface area (Å²) in [5, 5.41) is 30.2. The molecule has 0 aliphatic carbocycles. The zero-order valence-corrected chi connectivity index (χ0v) is 10.4. The average molecular weight is 272 g/mol. The van der Waals surface area contributed by atoms with E-state index in [9.17, 15) is 4.79 Å². The largest absolute Gasteiger partial charge is 0.488 e. The lowest BCUT2D eigenvalue weighted by Crippen LogP contribution is -2.35. The van der Waals surface area contributed by atoms with E-state index in [0.717, 1.165) is 12.0 Å². The first kappa shape index (κ1) is 15.0. The first-order valence-corrected chi connectivity index (χ1v) is 5.52. The van der Waals surface area contributed by atoms with Crippen LogP contribution in [0.15, 0.2) is 24.3 Å². The Bertz CT molecular complexity index is 429. The molecule has 1 heterocycles. The molecule has 7 heteroatoms. The van der Waals surface area contributed by atoms with Crippen LogP contribution in [0.4, 0.5) is 0 Å². The summed E-state index contributed by atoms with van der Waals surface area (Å²) in [6, 6.07) is 6.19. The molecular weight excluding hydrogens is 256 g/mol. The van der Waals surface area contributed by atoms with Crippen molar-refractivity contribution in [1.29, 1.82) is 0 Å². The fourth-order valence-corrected chi connectivity index (χ4v) is 2.27. The van der Waals surface area contributed by atoms with E-state index in [0.29, 0.717) is 12.0 Å². The van der Waals surface area contributed by atoms with Crippen molar-refractivity contribution in [1.82, 2.24) is 5.32 Å². The van der Waals surface area contributed by atoms with Crippen LogP contribution in [-0.4, -0.2) is 40.8 Å². The highest BCUT2D eigenvalue weighted by molar-refractivity contribution is 6.58. The van der Waals surface area contributed by atoms with E-state index in [4.69, 9.17) is 15.2 Å². The summed E-state index contributed by atoms with van der Waals surface area (Å²) in [5.74, 6) is -0.992. The minimum absolute atomic E-state index is 0. The van der Waals surface area contributed by atoms with E-state index >= 15 is 0 Å². The molecule has 5 nitrogen and oxygen atoms in total. The van der Waals surface area contributed by atoms with Crippen molar-refractivity contribution < 1.29 is 19.9 Å². The molecule has 1 aliphatic rings. The normalized spacial score (nSPS) is 22.3. The second-order valence-electron chi connectivity index (χ2n) is 4.21. The van der Waals surface area contributed by atoms with Gasteiger partial charge in [-0.2, -0.15) is 0 Å². The summed E-state index contributed by atoms with van der Waals surface area (Å²) >= 11 is 0. The van der Waals surface area contributed by atoms with Crippen molar-refractivity contribution >= 4 is 31.0 Å². The monoisotopic (exact) mass is 271 g/mol. The zero-order chi connectivity index (χ0) is 12.4. The Morgan fingerprint density at radius 1 is 1.39 bits per heavy atom. The van der Waals surface area contributed by atoms with Gasteiger partial charge < -0.3 is 20.5 Å². The SMILES string of the molecule is Cl.O=C(O)[C@H]1NCC[C@@H]1c1cccc(B(O)O)c1. The third-order valence-electron chi connectivity index (χ3n) is 3.12. The third-order valence-corrected chi connectivity index (χ3v) is 3.12. The van der Waals surface area contributed by atoms with Gasteiger partial charge in [-0.3, -0.25) is 4.79 Å². The number of halogens is 1. The standard InChI is InChI=1S/C11H14BNO4.ClH/c14-11(15)10-9(4-5-13-10)7-2-1-3-8(6-7)12(16)17;/h1-3,6,9-10,13,16-17H,4-5H2,(H,14,15);1H/t9-,10+;/m1./s1. The van der Waals surface area contributed by atoms with Gasteiger partial charge in [0.15, 0.2) is 0 Å². The number of carboxylic acids is 1. The molecule has 1 fully saturated rings. The van der Waals surface area contributed by atoms with Crippen LogP contribution in [0.1, 0.15) is 17.9 Å². The molecule has 4 N–H and O–H groups in total. The summed E-state index contributed by atoms with van der Waals surface area (Å²) in [6.07, 6.45) is 0.738. The predicted molar refractivity (Wildman–Crippen MR) is 70.3 cm³/mol. The van der Waals surface area contributed by atoms with E-state index in [1.54, 1.807) is 18.2 Å². The molecule has 0 bridgehead atoms. The number of aliphatic carboxylic acids is 1. The summed E-state index contributed by atoms with van der Waals surface area (Å²) < 4.78 is 0. The van der Waals surface area contributed by atoms with Crippen molar-refractivity contribution in [2.24, 2.45) is 0 Å². The number of hydrogen-bond acceptors (Lipinski definition) is 4. The summed E-state index contributed by atoms with van der Waals surface area (Å²) in [4.78, 5) is 11.0. The van der Waals surface area contributed by atoms with Gasteiger partial charge in [-0.25, -0.2) is 0 Å². The Balaban J connectivity index is 0.00000162. The van der Waals surface area contributed by atoms with E-state index < -0.39 is 19.1 Å². The molecule has 0 saturated carbocycles. The molecule has 1 aliphatic heterocycles. The number of carboxylic acid groups (broad SMARTS) is 1. The Labute approximate surface area is 111 Å². The number of nitrogens with one attached hydrogen (secondary N) is 1. The minimum Gasteiger partial charge on any atom is -0.480 e. The van der Waals surface area contributed by atoms with Crippen LogP contribution in [0.2, 0.25) is 0 Å². The topological polar surface area (TPSA) is 89.8 Å². The van der Waals surface area contributed by atoms with Gasteiger partial charge in [-0.05, 0) is 24.0 Å². The highest BCUT2D eigenvalue weighted by atomic mass is 35.5. The summed E-state index contributed by atoms with van der Waals surface area (Å²) in [6.45, 7) is 0.660. The Kier molecular flexibility index (Phi) is 5.16. The maximum Gasteiger partial charge on any atom is 0.488 e. The lowest BCUT2D eigenvalue weighted by molar-refractivity contribution is -0.139. The van der Waals surface area contributed by atoms with Gasteiger partial charge in [0.2, 0.25) is 0 Å². The molecule has 98 valence electrons. The number of benzene rings is 1. The van der Waals surface area contributed by atoms with Crippen LogP contribution in [0, 0.1) is 0 Å². The number of hydrogen-bond donors (Lipinski definition) is 4. The molecule has 0 aromatic heterocycles. The third kappa shape index (κ3) is 3.03. The van der Waals surface area contributed by atoms with Crippen LogP contribution >= 0.6 is 12.4 Å². The highest BCUT2D eigenvalue weighted by Gasteiger charge is 2.33. The molecule has 2 atom stereocenters. The number of carbonyl (C=O) groups is 1. The van der Waals surface area contributed by atoms with Gasteiger partial charge in [0, 0.05) is 5.92 Å². The van der Waals surface area contributed by atoms with Gasteiger partial charge in [0.25, 0.3) is 0 Å². The van der Waals surface area contributed by atoms with Crippen molar-refractivity contribution in [3.05, 3.63) is 29.8 Å². The Hall–Kier alpha value is -1.08. The lowest BCUT2D eigenvalue weighted by Gasteiger charge is -2.16. The maximum absolute atomic E-state index is 11.0. The van der Waals surface area contributed by atoms with Gasteiger partial charge in [-0.1, -0.05) is 24.3 Å². The van der Waals surface area contributed by atoms with E-state index in [1.165, 1.54) is 0 Å². The minimum atomic E-state index is -1.52. The molecule has 0 spiro atoms. The quantitative estimate of drug-likeness (QED) is 0.547. The molecule has 1 aromatic rings. The average Bonchev–Trinajstić information content (AvgIpc) is 2.78. The van der Waals surface area contributed by atoms with Crippen LogP contribution in [0.3, 0.4) is 0 Å². The lowest BCUT2D eigenvalue weighted by atomic mass is 9.78. The van der Waals surface area contributed by atoms with Crippen LogP contribution < -0.4 is 10.8 Å². The highest BCUT2D eigenvalue weighted by Crippen LogP contribution is 2.27. The predicted octanol–water partition coefficient (Wildman–Crippen LogP) is -0.682. The Morgan fingerprint density at radius 3 is 2.72 bits per heavy atom. The van der Waals surface area contributed by atoms with Gasteiger partial charge in [-0.15, -0.1) is 12.4 Å². The van der Waals surface area contributed by atoms with Crippen molar-refractivity contribution in [2.45, 2.75) is 18.4 Å². The van der Waals surface area contributed by atoms with Crippen molar-refractivity contribution in [3.8, 4) is 0 Å². The zero-order valence-electron chi connectivity index (χ0n) is 9.61. The van der Waals surface area contributed by atoms with Crippen molar-refractivity contribution in [2.75, 3.05) is 6.54 Å². The maximum atomic E-state index is 11.0. The van der Waals surface area contributed by atoms with Gasteiger partial charge in [0.1, 0.15) is 6.04 Å². The Morgan fingerprint density at radius 2 is 2.11 bits per heavy atom. The van der Waals surface area contributed by atoms with Crippen LogP contribution in [0.25, 0.3) is 0 Å². The van der Waals surface area contributed by atoms with Gasteiger partial charge in [0.05, 0.1) is 0 Å². The van der Waals surface area contributed by atoms with E-state index in [1.807, 2.05) is 6.07 Å². The second-order valence-corrected chi connectivity index (χ2v) is 4.21. The van der Waals surface area contributed by atoms with Crippen LogP contribution in [-0.2, 0) is 4.79 Å². The second kappa shape index (κ2) is 6.20. The fraction of sp³-hybridized carbons (Fsp3) is 0.364. The van der Waals surface area contributed by atoms with Gasteiger partial charge >= 0.3 is 13.1 Å². The van der Waals surface area contributed by atoms with E-state index in [-0.39, 0.29) is 18.3 Å². The van der Waals surface area contributed by atoms with E-state index in [2.05, 4.69) is 5.32 Å². The first-order valence-electron chi connectivity index (χ1n) is 5.52. The number of rotatable bonds is 3. The molecule has 1 aromatic carbocycles. The molecular formula is C11H15BClNO4. The molecule has 2 rings (SSSR count). The molecule has 1 saturated heterocycles. The fourth-order valence-electron chi connectivity index (χ4n) is 2.27. The molecule has 0 unspecified atom stereocenters. The van der Waals surface area contributed by atoms with Crippen molar-refractivity contribution in [3.63, 3.8) is 0 Å².